The topological polar surface area (TPSA) is 64.9 Å². The smallest absolute Gasteiger partial charge is 0.257 e. The second-order valence-corrected chi connectivity index (χ2v) is 6.41. The SMILES string of the molecule is NC1CCCc2cc(-c3nc(CCc4ccccc4)no3)ccc21. The first-order valence-electron chi connectivity index (χ1n) is 8.55. The van der Waals surface area contributed by atoms with Gasteiger partial charge in [-0.25, -0.2) is 0 Å². The van der Waals surface area contributed by atoms with E-state index in [0.29, 0.717) is 5.89 Å². The molecule has 0 aliphatic heterocycles. The van der Waals surface area contributed by atoms with Gasteiger partial charge in [0.25, 0.3) is 5.89 Å². The summed E-state index contributed by atoms with van der Waals surface area (Å²) in [6, 6.07) is 16.8. The molecule has 0 bridgehead atoms. The van der Waals surface area contributed by atoms with Crippen molar-refractivity contribution in [3.8, 4) is 11.5 Å². The largest absolute Gasteiger partial charge is 0.334 e. The second kappa shape index (κ2) is 6.57. The highest BCUT2D eigenvalue weighted by Gasteiger charge is 2.18. The summed E-state index contributed by atoms with van der Waals surface area (Å²) < 4.78 is 5.46. The fourth-order valence-corrected chi connectivity index (χ4v) is 3.36. The van der Waals surface area contributed by atoms with Gasteiger partial charge in [-0.1, -0.05) is 41.6 Å². The fraction of sp³-hybridized carbons (Fsp3) is 0.300. The van der Waals surface area contributed by atoms with Crippen molar-refractivity contribution in [2.45, 2.75) is 38.1 Å². The lowest BCUT2D eigenvalue weighted by Gasteiger charge is -2.22. The van der Waals surface area contributed by atoms with Crippen LogP contribution in [0.2, 0.25) is 0 Å². The highest BCUT2D eigenvalue weighted by Crippen LogP contribution is 2.31. The Balaban J connectivity index is 1.50. The number of hydrogen-bond donors (Lipinski definition) is 1. The van der Waals surface area contributed by atoms with Crippen LogP contribution in [0.15, 0.2) is 53.1 Å². The first-order valence-corrected chi connectivity index (χ1v) is 8.55. The molecular weight excluding hydrogens is 298 g/mol. The molecule has 1 atom stereocenters. The minimum absolute atomic E-state index is 0.159. The zero-order valence-corrected chi connectivity index (χ0v) is 13.6. The van der Waals surface area contributed by atoms with Crippen LogP contribution in [-0.4, -0.2) is 10.1 Å². The molecule has 1 aliphatic rings. The van der Waals surface area contributed by atoms with Crippen LogP contribution in [0, 0.1) is 0 Å². The van der Waals surface area contributed by atoms with Crippen LogP contribution in [0.3, 0.4) is 0 Å². The number of fused-ring (bicyclic) bond motifs is 1. The standard InChI is InChI=1S/C20H21N3O/c21-18-8-4-7-15-13-16(10-11-17(15)18)20-22-19(23-24-20)12-9-14-5-2-1-3-6-14/h1-3,5-6,10-11,13,18H,4,7-9,12,21H2. The fourth-order valence-electron chi connectivity index (χ4n) is 3.36. The maximum absolute atomic E-state index is 6.18. The lowest BCUT2D eigenvalue weighted by Crippen LogP contribution is -2.17. The van der Waals surface area contributed by atoms with Crippen LogP contribution in [-0.2, 0) is 19.3 Å². The molecule has 4 heteroatoms. The van der Waals surface area contributed by atoms with Crippen LogP contribution in [0.5, 0.6) is 0 Å². The van der Waals surface area contributed by atoms with Gasteiger partial charge in [-0.2, -0.15) is 4.98 Å². The Morgan fingerprint density at radius 3 is 2.83 bits per heavy atom. The van der Waals surface area contributed by atoms with Gasteiger partial charge in [0, 0.05) is 18.0 Å². The van der Waals surface area contributed by atoms with Crippen molar-refractivity contribution in [3.63, 3.8) is 0 Å². The lowest BCUT2D eigenvalue weighted by molar-refractivity contribution is 0.422. The molecule has 1 aromatic heterocycles. The maximum Gasteiger partial charge on any atom is 0.257 e. The number of nitrogens with zero attached hydrogens (tertiary/aromatic N) is 2. The summed E-state index contributed by atoms with van der Waals surface area (Å²) >= 11 is 0. The molecule has 0 radical (unpaired) electrons. The van der Waals surface area contributed by atoms with Crippen molar-refractivity contribution >= 4 is 0 Å². The normalized spacial score (nSPS) is 16.8. The van der Waals surface area contributed by atoms with E-state index >= 15 is 0 Å². The molecule has 24 heavy (non-hydrogen) atoms. The van der Waals surface area contributed by atoms with Crippen molar-refractivity contribution in [2.24, 2.45) is 5.73 Å². The van der Waals surface area contributed by atoms with Gasteiger partial charge in [-0.3, -0.25) is 0 Å². The summed E-state index contributed by atoms with van der Waals surface area (Å²) in [5, 5.41) is 4.12. The van der Waals surface area contributed by atoms with Crippen LogP contribution >= 0.6 is 0 Å². The van der Waals surface area contributed by atoms with E-state index in [0.717, 1.165) is 43.5 Å². The Morgan fingerprint density at radius 2 is 1.96 bits per heavy atom. The van der Waals surface area contributed by atoms with Gasteiger partial charge < -0.3 is 10.3 Å². The summed E-state index contributed by atoms with van der Waals surface area (Å²) in [5.74, 6) is 1.35. The second-order valence-electron chi connectivity index (χ2n) is 6.41. The maximum atomic E-state index is 6.18. The van der Waals surface area contributed by atoms with Crippen molar-refractivity contribution in [2.75, 3.05) is 0 Å². The summed E-state index contributed by atoms with van der Waals surface area (Å²) in [4.78, 5) is 4.55. The van der Waals surface area contributed by atoms with E-state index in [1.165, 1.54) is 16.7 Å². The van der Waals surface area contributed by atoms with Gasteiger partial charge >= 0.3 is 0 Å². The number of rotatable bonds is 4. The number of aryl methyl sites for hydroxylation is 3. The van der Waals surface area contributed by atoms with Gasteiger partial charge in [0.1, 0.15) is 0 Å². The lowest BCUT2D eigenvalue weighted by atomic mass is 9.87. The van der Waals surface area contributed by atoms with Crippen LogP contribution in [0.4, 0.5) is 0 Å². The van der Waals surface area contributed by atoms with E-state index in [4.69, 9.17) is 10.3 Å². The van der Waals surface area contributed by atoms with Gasteiger partial charge in [0.2, 0.25) is 0 Å². The van der Waals surface area contributed by atoms with Gasteiger partial charge in [0.05, 0.1) is 0 Å². The molecule has 2 N–H and O–H groups in total. The average molecular weight is 319 g/mol. The van der Waals surface area contributed by atoms with E-state index < -0.39 is 0 Å². The molecule has 0 saturated heterocycles. The average Bonchev–Trinajstić information content (AvgIpc) is 3.10. The Kier molecular flexibility index (Phi) is 4.13. The van der Waals surface area contributed by atoms with E-state index in [-0.39, 0.29) is 6.04 Å². The molecule has 2 aromatic carbocycles. The summed E-state index contributed by atoms with van der Waals surface area (Å²) in [5.41, 5.74) is 11.0. The van der Waals surface area contributed by atoms with Crippen molar-refractivity contribution in [1.82, 2.24) is 10.1 Å². The monoisotopic (exact) mass is 319 g/mol. The van der Waals surface area contributed by atoms with Crippen molar-refractivity contribution in [1.29, 1.82) is 0 Å². The zero-order chi connectivity index (χ0) is 16.4. The molecule has 122 valence electrons. The Bertz CT molecular complexity index is 826. The number of hydrogen-bond acceptors (Lipinski definition) is 4. The van der Waals surface area contributed by atoms with E-state index in [1.807, 2.05) is 12.1 Å². The van der Waals surface area contributed by atoms with Gasteiger partial charge in [0.15, 0.2) is 5.82 Å². The van der Waals surface area contributed by atoms with Crippen molar-refractivity contribution < 1.29 is 4.52 Å². The van der Waals surface area contributed by atoms with Crippen LogP contribution < -0.4 is 5.73 Å². The quantitative estimate of drug-likeness (QED) is 0.793. The van der Waals surface area contributed by atoms with E-state index in [1.54, 1.807) is 0 Å². The summed E-state index contributed by atoms with van der Waals surface area (Å²) in [6.45, 7) is 0. The Hall–Kier alpha value is -2.46. The highest BCUT2D eigenvalue weighted by molar-refractivity contribution is 5.56. The number of benzene rings is 2. The summed E-state index contributed by atoms with van der Waals surface area (Å²) in [7, 11) is 0. The third-order valence-electron chi connectivity index (χ3n) is 4.70. The van der Waals surface area contributed by atoms with Crippen molar-refractivity contribution in [3.05, 3.63) is 71.0 Å². The number of nitrogens with two attached hydrogens (primary N) is 1. The zero-order valence-electron chi connectivity index (χ0n) is 13.6. The molecule has 0 saturated carbocycles. The molecule has 0 fully saturated rings. The van der Waals surface area contributed by atoms with E-state index in [9.17, 15) is 0 Å². The molecule has 0 amide bonds. The van der Waals surface area contributed by atoms with E-state index in [2.05, 4.69) is 46.5 Å². The van der Waals surface area contributed by atoms with Crippen LogP contribution in [0.25, 0.3) is 11.5 Å². The third kappa shape index (κ3) is 3.10. The number of aromatic nitrogens is 2. The van der Waals surface area contributed by atoms with Gasteiger partial charge in [-0.15, -0.1) is 0 Å². The first kappa shape index (κ1) is 15.1. The summed E-state index contributed by atoms with van der Waals surface area (Å²) in [6.07, 6.45) is 4.98. The molecule has 1 aliphatic carbocycles. The Morgan fingerprint density at radius 1 is 1.08 bits per heavy atom. The molecule has 4 nitrogen and oxygen atoms in total. The van der Waals surface area contributed by atoms with Crippen LogP contribution in [0.1, 0.15) is 41.4 Å². The third-order valence-corrected chi connectivity index (χ3v) is 4.70. The minimum Gasteiger partial charge on any atom is -0.334 e. The molecule has 3 aromatic rings. The molecule has 0 spiro atoms. The Labute approximate surface area is 141 Å². The first-order chi connectivity index (χ1) is 11.8. The predicted octanol–water partition coefficient (Wildman–Crippen LogP) is 3.86. The molecule has 1 heterocycles. The molecule has 1 unspecified atom stereocenters. The predicted molar refractivity (Wildman–Crippen MR) is 93.5 cm³/mol. The highest BCUT2D eigenvalue weighted by atomic mass is 16.5. The minimum atomic E-state index is 0.159. The van der Waals surface area contributed by atoms with Gasteiger partial charge in [-0.05, 0) is 54.5 Å². The molecule has 4 rings (SSSR count). The molecular formula is C20H21N3O.